The van der Waals surface area contributed by atoms with Crippen molar-refractivity contribution in [2.24, 2.45) is 0 Å². The molecule has 0 spiro atoms. The summed E-state index contributed by atoms with van der Waals surface area (Å²) in [6.07, 6.45) is 0.750. The van der Waals surface area contributed by atoms with Crippen LogP contribution < -0.4 is 0 Å². The van der Waals surface area contributed by atoms with Gasteiger partial charge < -0.3 is 4.90 Å². The average Bonchev–Trinajstić information content (AvgIpc) is 1.65. The van der Waals surface area contributed by atoms with E-state index in [0.717, 1.165) is 6.41 Å². The zero-order valence-corrected chi connectivity index (χ0v) is 6.08. The molecule has 6 heteroatoms. The van der Waals surface area contributed by atoms with E-state index >= 15 is 0 Å². The molecule has 0 aromatic heterocycles. The fourth-order valence-corrected chi connectivity index (χ4v) is 0. The second-order valence-corrected chi connectivity index (χ2v) is 1.83. The van der Waals surface area contributed by atoms with Gasteiger partial charge in [-0.3, -0.25) is 4.79 Å². The lowest BCUT2D eigenvalue weighted by atomic mass is 11.0. The van der Waals surface area contributed by atoms with Gasteiger partial charge in [0, 0.05) is 18.7 Å². The van der Waals surface area contributed by atoms with Gasteiger partial charge in [0.2, 0.25) is 6.41 Å². The molecule has 54 valence electrons. The molecule has 1 amide bonds. The molecule has 0 bridgehead atoms. The van der Waals surface area contributed by atoms with Crippen molar-refractivity contribution < 1.29 is 19.1 Å². The van der Waals surface area contributed by atoms with Crippen LogP contribution in [0.4, 0.5) is 0 Å². The van der Waals surface area contributed by atoms with Gasteiger partial charge in [-0.15, -0.1) is 9.79 Å². The van der Waals surface area contributed by atoms with Crippen LogP contribution in [-0.2, 0) is 9.36 Å². The number of rotatable bonds is 1. The molecule has 0 radical (unpaired) electrons. The molecular formula is C3H9NO4P+. The first-order valence-electron chi connectivity index (χ1n) is 1.97. The van der Waals surface area contributed by atoms with Gasteiger partial charge in [-0.2, -0.15) is 0 Å². The van der Waals surface area contributed by atoms with Crippen molar-refractivity contribution in [3.8, 4) is 0 Å². The molecule has 0 aliphatic heterocycles. The summed E-state index contributed by atoms with van der Waals surface area (Å²) in [5, 5.41) is 0. The molecular weight excluding hydrogens is 145 g/mol. The number of amides is 1. The fourth-order valence-electron chi connectivity index (χ4n) is 0. The van der Waals surface area contributed by atoms with E-state index in [2.05, 4.69) is 0 Å². The Labute approximate surface area is 53.9 Å². The smallest absolute Gasteiger partial charge is 0.351 e. The van der Waals surface area contributed by atoms with Gasteiger partial charge in [-0.1, -0.05) is 0 Å². The Morgan fingerprint density at radius 3 is 1.56 bits per heavy atom. The molecule has 0 aliphatic carbocycles. The van der Waals surface area contributed by atoms with Gasteiger partial charge in [-0.25, -0.2) is 0 Å². The SMILES string of the molecule is CN(C)C=O.O=[P+](O)O. The van der Waals surface area contributed by atoms with Crippen LogP contribution in [0.15, 0.2) is 0 Å². The van der Waals surface area contributed by atoms with Crippen molar-refractivity contribution >= 4 is 14.7 Å². The van der Waals surface area contributed by atoms with Crippen LogP contribution in [0, 0.1) is 0 Å². The van der Waals surface area contributed by atoms with Crippen molar-refractivity contribution in [1.29, 1.82) is 0 Å². The van der Waals surface area contributed by atoms with E-state index in [1.54, 1.807) is 14.1 Å². The monoisotopic (exact) mass is 154 g/mol. The number of nitrogens with zero attached hydrogens (tertiary/aromatic N) is 1. The molecule has 0 heterocycles. The normalized spacial score (nSPS) is 6.67. The minimum Gasteiger partial charge on any atom is -0.351 e. The molecule has 0 atom stereocenters. The third kappa shape index (κ3) is 102. The van der Waals surface area contributed by atoms with E-state index in [0.29, 0.717) is 0 Å². The van der Waals surface area contributed by atoms with Crippen molar-refractivity contribution in [3.05, 3.63) is 0 Å². The maximum Gasteiger partial charge on any atom is 0.692 e. The maximum absolute atomic E-state index is 9.43. The molecule has 0 rings (SSSR count). The van der Waals surface area contributed by atoms with Crippen LogP contribution >= 0.6 is 8.25 Å². The van der Waals surface area contributed by atoms with Crippen molar-refractivity contribution in [1.82, 2.24) is 4.90 Å². The van der Waals surface area contributed by atoms with Gasteiger partial charge in [0.25, 0.3) is 0 Å². The predicted octanol–water partition coefficient (Wildman–Crippen LogP) is -0.667. The first-order chi connectivity index (χ1) is 4.00. The highest BCUT2D eigenvalue weighted by molar-refractivity contribution is 7.30. The summed E-state index contributed by atoms with van der Waals surface area (Å²) in [6, 6.07) is 0. The van der Waals surface area contributed by atoms with E-state index in [1.165, 1.54) is 4.90 Å². The zero-order valence-electron chi connectivity index (χ0n) is 5.18. The Morgan fingerprint density at radius 1 is 1.44 bits per heavy atom. The van der Waals surface area contributed by atoms with Crippen LogP contribution in [0.3, 0.4) is 0 Å². The standard InChI is InChI=1S/C3H7NO.HO3P/c1-4(2)3-5;1-4(2)3/h3H,1-2H3;(H-,1,2,3)/p+1. The topological polar surface area (TPSA) is 77.8 Å². The highest BCUT2D eigenvalue weighted by Crippen LogP contribution is 1.98. The summed E-state index contributed by atoms with van der Waals surface area (Å²) in [6.45, 7) is 0. The molecule has 0 aromatic carbocycles. The fraction of sp³-hybridized carbons (Fsp3) is 0.667. The largest absolute Gasteiger partial charge is 0.692 e. The Bertz CT molecular complexity index is 89.8. The Morgan fingerprint density at radius 2 is 1.56 bits per heavy atom. The van der Waals surface area contributed by atoms with E-state index in [-0.39, 0.29) is 0 Å². The molecule has 2 N–H and O–H groups in total. The van der Waals surface area contributed by atoms with Crippen LogP contribution in [0.25, 0.3) is 0 Å². The Balaban J connectivity index is 0. The number of carbonyl (C=O) groups excluding carboxylic acids is 1. The van der Waals surface area contributed by atoms with E-state index in [4.69, 9.17) is 14.4 Å². The number of hydrogen-bond donors (Lipinski definition) is 2. The van der Waals surface area contributed by atoms with Gasteiger partial charge in [0.15, 0.2) is 0 Å². The lowest BCUT2D eigenvalue weighted by molar-refractivity contribution is -0.115. The van der Waals surface area contributed by atoms with Crippen LogP contribution in [-0.4, -0.2) is 35.2 Å². The summed E-state index contributed by atoms with van der Waals surface area (Å²) >= 11 is 0. The van der Waals surface area contributed by atoms with Crippen LogP contribution in [0.2, 0.25) is 0 Å². The van der Waals surface area contributed by atoms with Crippen LogP contribution in [0.1, 0.15) is 0 Å². The second kappa shape index (κ2) is 7.49. The molecule has 0 fully saturated rings. The summed E-state index contributed by atoms with van der Waals surface area (Å²) in [5.41, 5.74) is 0. The number of hydrogen-bond acceptors (Lipinski definition) is 2. The summed E-state index contributed by atoms with van der Waals surface area (Å²) < 4.78 is 8.70. The lowest BCUT2D eigenvalue weighted by Gasteiger charge is -1.93. The number of carbonyl (C=O) groups is 1. The maximum atomic E-state index is 9.43. The van der Waals surface area contributed by atoms with E-state index < -0.39 is 8.25 Å². The molecule has 9 heavy (non-hydrogen) atoms. The highest BCUT2D eigenvalue weighted by atomic mass is 31.1. The van der Waals surface area contributed by atoms with Crippen molar-refractivity contribution in [2.75, 3.05) is 14.1 Å². The van der Waals surface area contributed by atoms with Crippen LogP contribution in [0.5, 0.6) is 0 Å². The van der Waals surface area contributed by atoms with Gasteiger partial charge in [0.05, 0.1) is 0 Å². The Kier molecular flexibility index (Phi) is 9.41. The van der Waals surface area contributed by atoms with Gasteiger partial charge >= 0.3 is 8.25 Å². The molecule has 0 aromatic rings. The lowest BCUT2D eigenvalue weighted by Crippen LogP contribution is -2.06. The highest BCUT2D eigenvalue weighted by Gasteiger charge is 1.93. The average molecular weight is 154 g/mol. The molecule has 5 nitrogen and oxygen atoms in total. The molecule has 0 saturated heterocycles. The first kappa shape index (κ1) is 11.3. The molecule has 0 unspecified atom stereocenters. The minimum absolute atomic E-state index is 0.750. The second-order valence-electron chi connectivity index (χ2n) is 1.32. The summed E-state index contributed by atoms with van der Waals surface area (Å²) in [4.78, 5) is 25.1. The third-order valence-corrected chi connectivity index (χ3v) is 0.211. The van der Waals surface area contributed by atoms with E-state index in [9.17, 15) is 4.79 Å². The quantitative estimate of drug-likeness (QED) is 0.388. The minimum atomic E-state index is -2.87. The first-order valence-corrected chi connectivity index (χ1v) is 3.14. The molecule has 0 aliphatic rings. The predicted molar refractivity (Wildman–Crippen MR) is 31.8 cm³/mol. The Hall–Kier alpha value is -0.510. The zero-order chi connectivity index (χ0) is 7.86. The third-order valence-electron chi connectivity index (χ3n) is 0.211. The molecule has 0 saturated carbocycles. The van der Waals surface area contributed by atoms with Crippen molar-refractivity contribution in [2.45, 2.75) is 0 Å². The summed E-state index contributed by atoms with van der Waals surface area (Å²) in [5.74, 6) is 0. The van der Waals surface area contributed by atoms with Crippen molar-refractivity contribution in [3.63, 3.8) is 0 Å². The summed E-state index contributed by atoms with van der Waals surface area (Å²) in [7, 11) is 0.505. The van der Waals surface area contributed by atoms with E-state index in [1.807, 2.05) is 0 Å². The van der Waals surface area contributed by atoms with Gasteiger partial charge in [0.1, 0.15) is 0 Å². The van der Waals surface area contributed by atoms with Gasteiger partial charge in [-0.05, 0) is 0 Å².